The van der Waals surface area contributed by atoms with Crippen molar-refractivity contribution in [3.63, 3.8) is 0 Å². The Labute approximate surface area is 139 Å². The van der Waals surface area contributed by atoms with Gasteiger partial charge in [-0.25, -0.2) is 0 Å². The molecule has 0 bridgehead atoms. The molecule has 0 amide bonds. The van der Waals surface area contributed by atoms with E-state index in [2.05, 4.69) is 58.4 Å². The Morgan fingerprint density at radius 3 is 2.61 bits per heavy atom. The third-order valence-electron chi connectivity index (χ3n) is 5.36. The van der Waals surface area contributed by atoms with E-state index in [0.29, 0.717) is 0 Å². The maximum Gasteiger partial charge on any atom is 0.0365 e. The van der Waals surface area contributed by atoms with E-state index in [1.165, 1.54) is 57.5 Å². The molecule has 23 heavy (non-hydrogen) atoms. The Morgan fingerprint density at radius 2 is 1.78 bits per heavy atom. The van der Waals surface area contributed by atoms with Crippen LogP contribution in [0, 0.1) is 0 Å². The average Bonchev–Trinajstić information content (AvgIpc) is 3.05. The Kier molecular flexibility index (Phi) is 4.34. The largest absolute Gasteiger partial charge is 0.369 e. The summed E-state index contributed by atoms with van der Waals surface area (Å²) in [6.07, 6.45) is 11.9. The lowest BCUT2D eigenvalue weighted by Crippen LogP contribution is -2.46. The Hall–Kier alpha value is -1.80. The molecule has 1 aromatic rings. The van der Waals surface area contributed by atoms with Gasteiger partial charge in [0, 0.05) is 38.4 Å². The van der Waals surface area contributed by atoms with Crippen LogP contribution >= 0.6 is 0 Å². The van der Waals surface area contributed by atoms with E-state index in [-0.39, 0.29) is 0 Å². The van der Waals surface area contributed by atoms with E-state index >= 15 is 0 Å². The van der Waals surface area contributed by atoms with Gasteiger partial charge in [0.1, 0.15) is 0 Å². The van der Waals surface area contributed by atoms with Gasteiger partial charge in [0.15, 0.2) is 0 Å². The second kappa shape index (κ2) is 6.76. The number of allylic oxidation sites excluding steroid dienone is 5. The summed E-state index contributed by atoms with van der Waals surface area (Å²) < 4.78 is 0. The first-order valence-corrected chi connectivity index (χ1v) is 9.00. The minimum Gasteiger partial charge on any atom is -0.369 e. The molecule has 1 fully saturated rings. The maximum absolute atomic E-state index is 2.63. The molecule has 0 saturated carbocycles. The van der Waals surface area contributed by atoms with Gasteiger partial charge >= 0.3 is 0 Å². The maximum atomic E-state index is 2.63. The minimum absolute atomic E-state index is 1.15. The topological polar surface area (TPSA) is 6.48 Å². The summed E-state index contributed by atoms with van der Waals surface area (Å²) in [7, 11) is 0. The van der Waals surface area contributed by atoms with Crippen LogP contribution in [-0.2, 0) is 6.42 Å². The molecule has 1 heterocycles. The van der Waals surface area contributed by atoms with Crippen molar-refractivity contribution in [1.29, 1.82) is 0 Å². The molecule has 1 aliphatic heterocycles. The first-order valence-electron chi connectivity index (χ1n) is 9.00. The van der Waals surface area contributed by atoms with E-state index in [1.54, 1.807) is 16.8 Å². The van der Waals surface area contributed by atoms with Crippen LogP contribution in [0.4, 0.5) is 0 Å². The fourth-order valence-corrected chi connectivity index (χ4v) is 3.99. The molecule has 2 nitrogen and oxygen atoms in total. The van der Waals surface area contributed by atoms with Gasteiger partial charge in [-0.15, -0.1) is 0 Å². The van der Waals surface area contributed by atoms with Crippen LogP contribution in [0.25, 0.3) is 0 Å². The summed E-state index contributed by atoms with van der Waals surface area (Å²) in [5.74, 6) is 0. The van der Waals surface area contributed by atoms with Gasteiger partial charge in [-0.05, 0) is 42.4 Å². The SMILES string of the molecule is C1=CC2=C(CC1)C(N1CCN(CCc3ccccc3)CC1)=CC2. The van der Waals surface area contributed by atoms with Gasteiger partial charge in [0.2, 0.25) is 0 Å². The average molecular weight is 306 g/mol. The minimum atomic E-state index is 1.15. The molecule has 0 spiro atoms. The monoisotopic (exact) mass is 306 g/mol. The summed E-state index contributed by atoms with van der Waals surface area (Å²) in [4.78, 5) is 5.25. The highest BCUT2D eigenvalue weighted by atomic mass is 15.3. The quantitative estimate of drug-likeness (QED) is 0.835. The smallest absolute Gasteiger partial charge is 0.0365 e. The number of hydrogen-bond acceptors (Lipinski definition) is 2. The van der Waals surface area contributed by atoms with Crippen molar-refractivity contribution >= 4 is 0 Å². The lowest BCUT2D eigenvalue weighted by Gasteiger charge is -2.37. The second-order valence-electron chi connectivity index (χ2n) is 6.80. The second-order valence-corrected chi connectivity index (χ2v) is 6.80. The zero-order chi connectivity index (χ0) is 15.5. The van der Waals surface area contributed by atoms with E-state index in [4.69, 9.17) is 0 Å². The fraction of sp³-hybridized carbons (Fsp3) is 0.429. The molecule has 120 valence electrons. The Balaban J connectivity index is 1.30. The lowest BCUT2D eigenvalue weighted by molar-refractivity contribution is 0.162. The van der Waals surface area contributed by atoms with Crippen LogP contribution in [0.15, 0.2) is 65.4 Å². The molecule has 0 unspecified atom stereocenters. The van der Waals surface area contributed by atoms with E-state index in [1.807, 2.05) is 0 Å². The van der Waals surface area contributed by atoms with Crippen LogP contribution < -0.4 is 0 Å². The van der Waals surface area contributed by atoms with E-state index in [9.17, 15) is 0 Å². The molecule has 0 radical (unpaired) electrons. The van der Waals surface area contributed by atoms with Crippen molar-refractivity contribution in [2.45, 2.75) is 25.7 Å². The molecule has 0 atom stereocenters. The molecule has 4 rings (SSSR count). The number of piperazine rings is 1. The standard InChI is InChI=1S/C21H26N2/c1-2-6-18(7-3-1)12-13-22-14-16-23(17-15-22)21-11-10-19-8-4-5-9-20(19)21/h1-4,6-8,11H,5,9-10,12-17H2. The summed E-state index contributed by atoms with van der Waals surface area (Å²) in [5, 5.41) is 0. The summed E-state index contributed by atoms with van der Waals surface area (Å²) in [5.41, 5.74) is 6.20. The van der Waals surface area contributed by atoms with E-state index in [0.717, 1.165) is 6.42 Å². The summed E-state index contributed by atoms with van der Waals surface area (Å²) in [6.45, 7) is 5.95. The number of hydrogen-bond donors (Lipinski definition) is 0. The summed E-state index contributed by atoms with van der Waals surface area (Å²) >= 11 is 0. The predicted molar refractivity (Wildman–Crippen MR) is 96.3 cm³/mol. The zero-order valence-electron chi connectivity index (χ0n) is 13.9. The molecule has 0 aromatic heterocycles. The predicted octanol–water partition coefficient (Wildman–Crippen LogP) is 3.78. The lowest BCUT2D eigenvalue weighted by atomic mass is 9.98. The Bertz CT molecular complexity index is 631. The third-order valence-corrected chi connectivity index (χ3v) is 5.36. The molecular formula is C21H26N2. The first kappa shape index (κ1) is 14.8. The van der Waals surface area contributed by atoms with Gasteiger partial charge in [0.05, 0.1) is 0 Å². The van der Waals surface area contributed by atoms with Gasteiger partial charge in [0.25, 0.3) is 0 Å². The van der Waals surface area contributed by atoms with Crippen molar-refractivity contribution in [1.82, 2.24) is 9.80 Å². The highest BCUT2D eigenvalue weighted by Gasteiger charge is 2.25. The molecule has 2 aliphatic carbocycles. The molecule has 1 aromatic carbocycles. The van der Waals surface area contributed by atoms with E-state index < -0.39 is 0 Å². The van der Waals surface area contributed by atoms with Gasteiger partial charge in [-0.1, -0.05) is 48.6 Å². The van der Waals surface area contributed by atoms with Gasteiger partial charge < -0.3 is 4.90 Å². The normalized spacial score (nSPS) is 21.6. The number of benzene rings is 1. The molecule has 3 aliphatic rings. The molecule has 0 N–H and O–H groups in total. The zero-order valence-corrected chi connectivity index (χ0v) is 13.9. The fourth-order valence-electron chi connectivity index (χ4n) is 3.99. The molecular weight excluding hydrogens is 280 g/mol. The Morgan fingerprint density at radius 1 is 0.957 bits per heavy atom. The van der Waals surface area contributed by atoms with Crippen LogP contribution in [0.2, 0.25) is 0 Å². The van der Waals surface area contributed by atoms with Crippen LogP contribution in [-0.4, -0.2) is 42.5 Å². The number of nitrogens with zero attached hydrogens (tertiary/aromatic N) is 2. The van der Waals surface area contributed by atoms with Crippen LogP contribution in [0.5, 0.6) is 0 Å². The van der Waals surface area contributed by atoms with Gasteiger partial charge in [-0.2, -0.15) is 0 Å². The highest BCUT2D eigenvalue weighted by molar-refractivity contribution is 5.48. The van der Waals surface area contributed by atoms with Crippen molar-refractivity contribution in [2.24, 2.45) is 0 Å². The molecule has 1 saturated heterocycles. The third kappa shape index (κ3) is 3.28. The van der Waals surface area contributed by atoms with Crippen molar-refractivity contribution in [2.75, 3.05) is 32.7 Å². The van der Waals surface area contributed by atoms with Gasteiger partial charge in [-0.3, -0.25) is 4.90 Å². The van der Waals surface area contributed by atoms with Crippen molar-refractivity contribution in [3.8, 4) is 0 Å². The highest BCUT2D eigenvalue weighted by Crippen LogP contribution is 2.35. The van der Waals surface area contributed by atoms with Crippen molar-refractivity contribution < 1.29 is 0 Å². The summed E-state index contributed by atoms with van der Waals surface area (Å²) in [6, 6.07) is 10.9. The van der Waals surface area contributed by atoms with Crippen LogP contribution in [0.3, 0.4) is 0 Å². The first-order chi connectivity index (χ1) is 11.4. The number of rotatable bonds is 4. The van der Waals surface area contributed by atoms with Crippen LogP contribution in [0.1, 0.15) is 24.8 Å². The van der Waals surface area contributed by atoms with Crippen molar-refractivity contribution in [3.05, 3.63) is 71.0 Å². The molecule has 2 heteroatoms.